The predicted octanol–water partition coefficient (Wildman–Crippen LogP) is 2.01. The smallest absolute Gasteiger partial charge is 0.322 e. The highest BCUT2D eigenvalue weighted by atomic mass is 32.2. The summed E-state index contributed by atoms with van der Waals surface area (Å²) in [6, 6.07) is 3.63. The van der Waals surface area contributed by atoms with Crippen molar-refractivity contribution in [3.8, 4) is 0 Å². The molecule has 0 aliphatic carbocycles. The summed E-state index contributed by atoms with van der Waals surface area (Å²) in [5.41, 5.74) is 0.739. The first-order chi connectivity index (χ1) is 12.9. The van der Waals surface area contributed by atoms with Crippen LogP contribution in [-0.2, 0) is 10.0 Å². The first-order valence-electron chi connectivity index (χ1n) is 9.66. The molecular formula is C18H29N5O3S. The van der Waals surface area contributed by atoms with E-state index in [1.54, 1.807) is 6.20 Å². The molecule has 2 fully saturated rings. The predicted molar refractivity (Wildman–Crippen MR) is 107 cm³/mol. The molecule has 1 atom stereocenters. The van der Waals surface area contributed by atoms with Crippen LogP contribution < -0.4 is 14.9 Å². The number of anilines is 2. The van der Waals surface area contributed by atoms with Crippen molar-refractivity contribution in [3.63, 3.8) is 0 Å². The molecule has 27 heavy (non-hydrogen) atoms. The highest BCUT2D eigenvalue weighted by molar-refractivity contribution is 7.88. The molecule has 8 nitrogen and oxygen atoms in total. The SMILES string of the molecule is CS(=O)(=O)NCC[C@H]1CCCCN1C(=O)Nc1cccnc1N1CCCC1. The Morgan fingerprint density at radius 2 is 1.96 bits per heavy atom. The van der Waals surface area contributed by atoms with Gasteiger partial charge in [-0.25, -0.2) is 22.9 Å². The third-order valence-corrected chi connectivity index (χ3v) is 5.89. The second kappa shape index (κ2) is 8.88. The molecule has 9 heteroatoms. The van der Waals surface area contributed by atoms with Crippen molar-refractivity contribution in [2.75, 3.05) is 42.7 Å². The number of amides is 2. The third kappa shape index (κ3) is 5.55. The maximum Gasteiger partial charge on any atom is 0.322 e. The highest BCUT2D eigenvalue weighted by Crippen LogP contribution is 2.27. The van der Waals surface area contributed by atoms with Crippen molar-refractivity contribution in [2.24, 2.45) is 0 Å². The second-order valence-electron chi connectivity index (χ2n) is 7.30. The average Bonchev–Trinajstić information content (AvgIpc) is 3.16. The van der Waals surface area contributed by atoms with E-state index in [2.05, 4.69) is 19.9 Å². The summed E-state index contributed by atoms with van der Waals surface area (Å²) in [6.07, 6.45) is 8.73. The molecule has 0 bridgehead atoms. The molecular weight excluding hydrogens is 366 g/mol. The molecule has 2 aliphatic heterocycles. The van der Waals surface area contributed by atoms with Gasteiger partial charge in [-0.3, -0.25) is 0 Å². The Bertz CT molecular complexity index is 749. The fourth-order valence-electron chi connectivity index (χ4n) is 3.84. The number of sulfonamides is 1. The number of likely N-dealkylation sites (tertiary alicyclic amines) is 1. The Labute approximate surface area is 161 Å². The molecule has 0 saturated carbocycles. The molecule has 150 valence electrons. The summed E-state index contributed by atoms with van der Waals surface area (Å²) in [5.74, 6) is 0.829. The van der Waals surface area contributed by atoms with E-state index in [-0.39, 0.29) is 12.1 Å². The number of urea groups is 1. The maximum absolute atomic E-state index is 12.9. The fourth-order valence-corrected chi connectivity index (χ4v) is 4.33. The minimum absolute atomic E-state index is 0.0416. The molecule has 0 radical (unpaired) electrons. The van der Waals surface area contributed by atoms with Gasteiger partial charge in [-0.05, 0) is 50.7 Å². The number of nitrogens with zero attached hydrogens (tertiary/aromatic N) is 3. The third-order valence-electron chi connectivity index (χ3n) is 5.16. The Hall–Kier alpha value is -1.87. The zero-order valence-electron chi connectivity index (χ0n) is 15.9. The lowest BCUT2D eigenvalue weighted by atomic mass is 10.00. The Morgan fingerprint density at radius 3 is 2.70 bits per heavy atom. The zero-order chi connectivity index (χ0) is 19.3. The van der Waals surface area contributed by atoms with E-state index in [1.807, 2.05) is 17.0 Å². The van der Waals surface area contributed by atoms with Crippen LogP contribution in [0.4, 0.5) is 16.3 Å². The summed E-state index contributed by atoms with van der Waals surface area (Å²) >= 11 is 0. The normalized spacial score (nSPS) is 20.7. The minimum Gasteiger partial charge on any atom is -0.355 e. The Kier molecular flexibility index (Phi) is 6.54. The van der Waals surface area contributed by atoms with E-state index >= 15 is 0 Å². The fraction of sp³-hybridized carbons (Fsp3) is 0.667. The van der Waals surface area contributed by atoms with Crippen LogP contribution in [0.25, 0.3) is 0 Å². The van der Waals surface area contributed by atoms with E-state index in [0.29, 0.717) is 19.5 Å². The molecule has 2 N–H and O–H groups in total. The lowest BCUT2D eigenvalue weighted by Gasteiger charge is -2.36. The number of hydrogen-bond acceptors (Lipinski definition) is 5. The van der Waals surface area contributed by atoms with E-state index < -0.39 is 10.0 Å². The van der Waals surface area contributed by atoms with Crippen molar-refractivity contribution >= 4 is 27.6 Å². The molecule has 2 amide bonds. The van der Waals surface area contributed by atoms with Crippen molar-refractivity contribution in [1.29, 1.82) is 0 Å². The molecule has 2 saturated heterocycles. The number of pyridine rings is 1. The van der Waals surface area contributed by atoms with Gasteiger partial charge in [0.15, 0.2) is 5.82 Å². The minimum atomic E-state index is -3.21. The summed E-state index contributed by atoms with van der Waals surface area (Å²) < 4.78 is 25.1. The molecule has 1 aromatic rings. The second-order valence-corrected chi connectivity index (χ2v) is 9.13. The molecule has 3 rings (SSSR count). The standard InChI is InChI=1S/C18H29N5O3S/c1-27(25,26)20-11-9-15-7-2-3-14-23(15)18(24)21-16-8-6-10-19-17(16)22-12-4-5-13-22/h6,8,10,15,20H,2-5,7,9,11-14H2,1H3,(H,21,24)/t15-/m1/s1. The summed E-state index contributed by atoms with van der Waals surface area (Å²) in [7, 11) is -3.21. The van der Waals surface area contributed by atoms with Gasteiger partial charge in [-0.1, -0.05) is 0 Å². The largest absolute Gasteiger partial charge is 0.355 e. The van der Waals surface area contributed by atoms with Crippen LogP contribution in [0.3, 0.4) is 0 Å². The monoisotopic (exact) mass is 395 g/mol. The summed E-state index contributed by atoms with van der Waals surface area (Å²) in [5, 5.41) is 3.04. The lowest BCUT2D eigenvalue weighted by Crippen LogP contribution is -2.47. The van der Waals surface area contributed by atoms with Crippen LogP contribution in [0, 0.1) is 0 Å². The molecule has 1 aromatic heterocycles. The van der Waals surface area contributed by atoms with Crippen LogP contribution in [0.5, 0.6) is 0 Å². The van der Waals surface area contributed by atoms with Crippen LogP contribution in [0.1, 0.15) is 38.5 Å². The quantitative estimate of drug-likeness (QED) is 0.768. The zero-order valence-corrected chi connectivity index (χ0v) is 16.7. The van der Waals surface area contributed by atoms with Crippen LogP contribution >= 0.6 is 0 Å². The Morgan fingerprint density at radius 1 is 1.22 bits per heavy atom. The van der Waals surface area contributed by atoms with Crippen molar-refractivity contribution in [3.05, 3.63) is 18.3 Å². The highest BCUT2D eigenvalue weighted by Gasteiger charge is 2.28. The lowest BCUT2D eigenvalue weighted by molar-refractivity contribution is 0.158. The van der Waals surface area contributed by atoms with Gasteiger partial charge in [-0.15, -0.1) is 0 Å². The van der Waals surface area contributed by atoms with Gasteiger partial charge >= 0.3 is 6.03 Å². The van der Waals surface area contributed by atoms with Gasteiger partial charge in [0.25, 0.3) is 0 Å². The molecule has 0 aromatic carbocycles. The van der Waals surface area contributed by atoms with Gasteiger partial charge in [-0.2, -0.15) is 0 Å². The number of nitrogens with one attached hydrogen (secondary N) is 2. The number of hydrogen-bond donors (Lipinski definition) is 2. The van der Waals surface area contributed by atoms with E-state index in [0.717, 1.165) is 63.0 Å². The first-order valence-corrected chi connectivity index (χ1v) is 11.6. The van der Waals surface area contributed by atoms with Gasteiger partial charge in [0.05, 0.1) is 11.9 Å². The van der Waals surface area contributed by atoms with Crippen LogP contribution in [0.2, 0.25) is 0 Å². The maximum atomic E-state index is 12.9. The van der Waals surface area contributed by atoms with Gasteiger partial charge in [0, 0.05) is 38.4 Å². The number of carbonyl (C=O) groups is 1. The molecule has 0 unspecified atom stereocenters. The van der Waals surface area contributed by atoms with Gasteiger partial charge < -0.3 is 15.1 Å². The number of piperidine rings is 1. The molecule has 0 spiro atoms. The van der Waals surface area contributed by atoms with Crippen molar-refractivity contribution in [2.45, 2.75) is 44.6 Å². The first kappa shape index (κ1) is 19.9. The average molecular weight is 396 g/mol. The van der Waals surface area contributed by atoms with E-state index in [4.69, 9.17) is 0 Å². The topological polar surface area (TPSA) is 94.6 Å². The van der Waals surface area contributed by atoms with E-state index in [1.165, 1.54) is 0 Å². The van der Waals surface area contributed by atoms with E-state index in [9.17, 15) is 13.2 Å². The number of carbonyl (C=O) groups excluding carboxylic acids is 1. The molecule has 3 heterocycles. The van der Waals surface area contributed by atoms with Crippen LogP contribution in [-0.4, -0.2) is 62.8 Å². The van der Waals surface area contributed by atoms with Crippen molar-refractivity contribution in [1.82, 2.24) is 14.6 Å². The van der Waals surface area contributed by atoms with Gasteiger partial charge in [0.2, 0.25) is 10.0 Å². The molecule has 2 aliphatic rings. The summed E-state index contributed by atoms with van der Waals surface area (Å²) in [6.45, 7) is 2.96. The Balaban J connectivity index is 1.65. The summed E-state index contributed by atoms with van der Waals surface area (Å²) in [4.78, 5) is 21.5. The van der Waals surface area contributed by atoms with Gasteiger partial charge in [0.1, 0.15) is 0 Å². The van der Waals surface area contributed by atoms with Crippen LogP contribution in [0.15, 0.2) is 18.3 Å². The number of rotatable bonds is 6. The van der Waals surface area contributed by atoms with Crippen molar-refractivity contribution < 1.29 is 13.2 Å². The number of aromatic nitrogens is 1.